The van der Waals surface area contributed by atoms with E-state index in [0.29, 0.717) is 30.7 Å². The van der Waals surface area contributed by atoms with E-state index in [-0.39, 0.29) is 0 Å². The fraction of sp³-hybridized carbons (Fsp3) is 0.294. The summed E-state index contributed by atoms with van der Waals surface area (Å²) in [7, 11) is 1.70. The third-order valence-corrected chi connectivity index (χ3v) is 3.42. The van der Waals surface area contributed by atoms with Gasteiger partial charge >= 0.3 is 0 Å². The second-order valence-corrected chi connectivity index (χ2v) is 5.17. The lowest BCUT2D eigenvalue weighted by Gasteiger charge is -2.20. The molecule has 0 saturated carbocycles. The van der Waals surface area contributed by atoms with Crippen molar-refractivity contribution in [1.29, 1.82) is 0 Å². The van der Waals surface area contributed by atoms with Crippen LogP contribution in [-0.4, -0.2) is 35.4 Å². The lowest BCUT2D eigenvalue weighted by Crippen LogP contribution is -2.26. The number of methoxy groups -OCH3 is 1. The zero-order chi connectivity index (χ0) is 15.9. The van der Waals surface area contributed by atoms with Crippen molar-refractivity contribution >= 4 is 0 Å². The Morgan fingerprint density at radius 3 is 2.65 bits per heavy atom. The van der Waals surface area contributed by atoms with Gasteiger partial charge in [-0.3, -0.25) is 4.90 Å². The molecule has 6 nitrogen and oxygen atoms in total. The van der Waals surface area contributed by atoms with Crippen LogP contribution in [0.5, 0.6) is 0 Å². The van der Waals surface area contributed by atoms with Crippen molar-refractivity contribution in [2.75, 3.05) is 20.3 Å². The van der Waals surface area contributed by atoms with Gasteiger partial charge in [0.1, 0.15) is 0 Å². The molecule has 1 aromatic carbocycles. The zero-order valence-corrected chi connectivity index (χ0v) is 13.0. The van der Waals surface area contributed by atoms with Gasteiger partial charge in [0, 0.05) is 20.2 Å². The molecule has 0 radical (unpaired) electrons. The molecular formula is C17H19N3O3. The number of nitrogens with zero attached hydrogens (tertiary/aromatic N) is 3. The van der Waals surface area contributed by atoms with Crippen molar-refractivity contribution < 1.29 is 13.6 Å². The minimum Gasteiger partial charge on any atom is -0.459 e. The molecule has 2 aromatic heterocycles. The van der Waals surface area contributed by atoms with Crippen molar-refractivity contribution in [3.8, 4) is 11.7 Å². The number of hydrogen-bond acceptors (Lipinski definition) is 6. The summed E-state index contributed by atoms with van der Waals surface area (Å²) in [5.74, 6) is 1.54. The van der Waals surface area contributed by atoms with Gasteiger partial charge in [-0.25, -0.2) is 0 Å². The van der Waals surface area contributed by atoms with Crippen molar-refractivity contribution in [2.45, 2.75) is 13.1 Å². The van der Waals surface area contributed by atoms with E-state index in [4.69, 9.17) is 13.6 Å². The molecule has 0 N–H and O–H groups in total. The Labute approximate surface area is 134 Å². The summed E-state index contributed by atoms with van der Waals surface area (Å²) >= 11 is 0. The SMILES string of the molecule is COCCN(Cc1ccccc1)Cc1nnc(-c2ccco2)o1. The van der Waals surface area contributed by atoms with Crippen LogP contribution in [0, 0.1) is 0 Å². The van der Waals surface area contributed by atoms with Crippen LogP contribution in [-0.2, 0) is 17.8 Å². The molecule has 0 saturated heterocycles. The second-order valence-electron chi connectivity index (χ2n) is 5.17. The molecule has 0 spiro atoms. The highest BCUT2D eigenvalue weighted by Crippen LogP contribution is 2.19. The Kier molecular flexibility index (Phi) is 5.18. The van der Waals surface area contributed by atoms with Crippen molar-refractivity contribution in [3.05, 3.63) is 60.2 Å². The summed E-state index contributed by atoms with van der Waals surface area (Å²) in [4.78, 5) is 2.21. The third-order valence-electron chi connectivity index (χ3n) is 3.42. The largest absolute Gasteiger partial charge is 0.459 e. The Morgan fingerprint density at radius 2 is 1.91 bits per heavy atom. The maximum Gasteiger partial charge on any atom is 0.283 e. The maximum atomic E-state index is 5.68. The van der Waals surface area contributed by atoms with Crippen LogP contribution in [0.2, 0.25) is 0 Å². The summed E-state index contributed by atoms with van der Waals surface area (Å²) in [5.41, 5.74) is 1.23. The van der Waals surface area contributed by atoms with Crippen LogP contribution in [0.3, 0.4) is 0 Å². The van der Waals surface area contributed by atoms with Gasteiger partial charge in [-0.1, -0.05) is 30.3 Å². The minimum atomic E-state index is 0.399. The summed E-state index contributed by atoms with van der Waals surface area (Å²) in [6.45, 7) is 2.78. The van der Waals surface area contributed by atoms with Crippen LogP contribution in [0.15, 0.2) is 57.6 Å². The van der Waals surface area contributed by atoms with E-state index in [2.05, 4.69) is 27.2 Å². The quantitative estimate of drug-likeness (QED) is 0.637. The molecule has 0 atom stereocenters. The Hall–Kier alpha value is -2.44. The van der Waals surface area contributed by atoms with Crippen molar-refractivity contribution in [3.63, 3.8) is 0 Å². The highest BCUT2D eigenvalue weighted by molar-refractivity contribution is 5.42. The number of ether oxygens (including phenoxy) is 1. The molecule has 0 aliphatic carbocycles. The van der Waals surface area contributed by atoms with E-state index < -0.39 is 0 Å². The first-order chi connectivity index (χ1) is 11.3. The highest BCUT2D eigenvalue weighted by atomic mass is 16.5. The predicted octanol–water partition coefficient (Wildman–Crippen LogP) is 2.98. The van der Waals surface area contributed by atoms with E-state index in [9.17, 15) is 0 Å². The molecule has 0 amide bonds. The number of rotatable bonds is 8. The molecular weight excluding hydrogens is 294 g/mol. The second kappa shape index (κ2) is 7.71. The predicted molar refractivity (Wildman–Crippen MR) is 84.4 cm³/mol. The topological polar surface area (TPSA) is 64.5 Å². The Morgan fingerprint density at radius 1 is 1.04 bits per heavy atom. The standard InChI is InChI=1S/C17H19N3O3/c1-21-11-9-20(12-14-6-3-2-4-7-14)13-16-18-19-17(23-16)15-8-5-10-22-15/h2-8,10H,9,11-13H2,1H3. The molecule has 3 rings (SSSR count). The lowest BCUT2D eigenvalue weighted by molar-refractivity contribution is 0.134. The van der Waals surface area contributed by atoms with E-state index in [0.717, 1.165) is 13.1 Å². The Bertz CT molecular complexity index is 695. The number of aromatic nitrogens is 2. The van der Waals surface area contributed by atoms with Gasteiger partial charge in [0.2, 0.25) is 5.89 Å². The van der Waals surface area contributed by atoms with Crippen LogP contribution in [0.1, 0.15) is 11.5 Å². The molecule has 0 aliphatic rings. The monoisotopic (exact) mass is 313 g/mol. The molecule has 0 bridgehead atoms. The van der Waals surface area contributed by atoms with E-state index in [1.807, 2.05) is 18.2 Å². The van der Waals surface area contributed by atoms with Crippen LogP contribution < -0.4 is 0 Å². The number of furan rings is 1. The van der Waals surface area contributed by atoms with Crippen molar-refractivity contribution in [1.82, 2.24) is 15.1 Å². The van der Waals surface area contributed by atoms with Gasteiger partial charge in [0.25, 0.3) is 5.89 Å². The van der Waals surface area contributed by atoms with Crippen molar-refractivity contribution in [2.24, 2.45) is 0 Å². The highest BCUT2D eigenvalue weighted by Gasteiger charge is 2.14. The smallest absolute Gasteiger partial charge is 0.283 e. The first kappa shape index (κ1) is 15.5. The zero-order valence-electron chi connectivity index (χ0n) is 13.0. The third kappa shape index (κ3) is 4.28. The average molecular weight is 313 g/mol. The van der Waals surface area contributed by atoms with Gasteiger partial charge < -0.3 is 13.6 Å². The summed E-state index contributed by atoms with van der Waals surface area (Å²) < 4.78 is 16.1. The van der Waals surface area contributed by atoms with E-state index >= 15 is 0 Å². The molecule has 23 heavy (non-hydrogen) atoms. The molecule has 0 unspecified atom stereocenters. The van der Waals surface area contributed by atoms with Gasteiger partial charge in [0.15, 0.2) is 5.76 Å². The fourth-order valence-electron chi connectivity index (χ4n) is 2.28. The average Bonchev–Trinajstić information content (AvgIpc) is 3.25. The first-order valence-corrected chi connectivity index (χ1v) is 7.46. The van der Waals surface area contributed by atoms with Gasteiger partial charge in [-0.15, -0.1) is 10.2 Å². The number of hydrogen-bond donors (Lipinski definition) is 0. The molecule has 2 heterocycles. The minimum absolute atomic E-state index is 0.399. The normalized spacial score (nSPS) is 11.2. The van der Waals surface area contributed by atoms with E-state index in [1.165, 1.54) is 5.56 Å². The van der Waals surface area contributed by atoms with E-state index in [1.54, 1.807) is 25.5 Å². The maximum absolute atomic E-state index is 5.68. The molecule has 6 heteroatoms. The Balaban J connectivity index is 1.68. The molecule has 0 fully saturated rings. The molecule has 120 valence electrons. The van der Waals surface area contributed by atoms with Crippen LogP contribution >= 0.6 is 0 Å². The molecule has 0 aliphatic heterocycles. The fourth-order valence-corrected chi connectivity index (χ4v) is 2.28. The first-order valence-electron chi connectivity index (χ1n) is 7.46. The van der Waals surface area contributed by atoms with Crippen LogP contribution in [0.4, 0.5) is 0 Å². The summed E-state index contributed by atoms with van der Waals surface area (Å²) in [6, 6.07) is 13.9. The molecule has 3 aromatic rings. The summed E-state index contributed by atoms with van der Waals surface area (Å²) in [5, 5.41) is 8.13. The van der Waals surface area contributed by atoms with Gasteiger partial charge in [-0.2, -0.15) is 0 Å². The summed E-state index contributed by atoms with van der Waals surface area (Å²) in [6.07, 6.45) is 1.58. The van der Waals surface area contributed by atoms with Gasteiger partial charge in [0.05, 0.1) is 19.4 Å². The van der Waals surface area contributed by atoms with Gasteiger partial charge in [-0.05, 0) is 17.7 Å². The lowest BCUT2D eigenvalue weighted by atomic mass is 10.2. The van der Waals surface area contributed by atoms with Crippen LogP contribution in [0.25, 0.3) is 11.7 Å². The number of benzene rings is 1.